The van der Waals surface area contributed by atoms with Crippen LogP contribution in [0.25, 0.3) is 0 Å². The van der Waals surface area contributed by atoms with Gasteiger partial charge in [0.25, 0.3) is 0 Å². The number of hydrogen-bond acceptors (Lipinski definition) is 4. The average Bonchev–Trinajstić information content (AvgIpc) is 1.86. The Kier molecular flexibility index (Phi) is 1.07. The van der Waals surface area contributed by atoms with E-state index < -0.39 is 11.8 Å². The van der Waals surface area contributed by atoms with Crippen LogP contribution in [0, 0.1) is 0 Å². The van der Waals surface area contributed by atoms with Crippen molar-refractivity contribution in [3.8, 4) is 0 Å². The Balaban J connectivity index is 2.68. The zero-order valence-corrected chi connectivity index (χ0v) is 4.13. The molecule has 1 rings (SSSR count). The Hall–Kier alpha value is -0.450. The molecule has 2 N–H and O–H groups in total. The topological polar surface area (TPSA) is 66.8 Å². The van der Waals surface area contributed by atoms with Crippen LogP contribution in [0.3, 0.4) is 0 Å². The summed E-state index contributed by atoms with van der Waals surface area (Å²) in [6.07, 6.45) is 0.0903. The molecule has 0 amide bonds. The number of carbonyl (C=O) groups is 1. The first kappa shape index (κ1) is 5.68. The van der Waals surface area contributed by atoms with Gasteiger partial charge in [0.15, 0.2) is 0 Å². The number of ether oxygens (including phenoxy) is 1. The van der Waals surface area contributed by atoms with Crippen LogP contribution in [0.4, 0.5) is 0 Å². The second-order valence-corrected chi connectivity index (χ2v) is 1.63. The van der Waals surface area contributed by atoms with E-state index >= 15 is 0 Å². The minimum absolute atomic E-state index is 0.0903. The molecule has 4 heteroatoms. The number of aliphatic hydroxyl groups is 2. The second-order valence-electron chi connectivity index (χ2n) is 1.63. The normalized spacial score (nSPS) is 26.5. The maximum atomic E-state index is 10.3. The van der Waals surface area contributed by atoms with Gasteiger partial charge in [0.05, 0.1) is 6.61 Å². The maximum Gasteiger partial charge on any atom is 0.341 e. The molecule has 0 spiro atoms. The van der Waals surface area contributed by atoms with Gasteiger partial charge < -0.3 is 14.9 Å². The van der Waals surface area contributed by atoms with Crippen molar-refractivity contribution in [3.63, 3.8) is 0 Å². The van der Waals surface area contributed by atoms with E-state index in [-0.39, 0.29) is 13.0 Å². The summed E-state index contributed by atoms with van der Waals surface area (Å²) in [5.41, 5.74) is 0. The molecule has 0 unspecified atom stereocenters. The Morgan fingerprint density at radius 1 is 1.62 bits per heavy atom. The van der Waals surface area contributed by atoms with Crippen molar-refractivity contribution in [2.45, 2.75) is 12.4 Å². The SMILES string of the molecule is O=C1CCOC1(O)O. The third kappa shape index (κ3) is 0.730. The lowest BCUT2D eigenvalue weighted by molar-refractivity contribution is -0.292. The quantitative estimate of drug-likeness (QED) is 0.384. The second kappa shape index (κ2) is 1.51. The third-order valence-electron chi connectivity index (χ3n) is 0.996. The van der Waals surface area contributed by atoms with E-state index in [2.05, 4.69) is 4.74 Å². The molecule has 0 aromatic rings. The fourth-order valence-electron chi connectivity index (χ4n) is 0.529. The van der Waals surface area contributed by atoms with E-state index in [0.717, 1.165) is 0 Å². The van der Waals surface area contributed by atoms with Gasteiger partial charge in [-0.3, -0.25) is 4.79 Å². The zero-order valence-electron chi connectivity index (χ0n) is 4.13. The summed E-state index contributed by atoms with van der Waals surface area (Å²) in [5.74, 6) is -3.16. The number of Topliss-reactive ketones (excluding diaryl/α,β-unsaturated/α-hetero) is 1. The predicted molar refractivity (Wildman–Crippen MR) is 22.7 cm³/mol. The summed E-state index contributed by atoms with van der Waals surface area (Å²) < 4.78 is 4.21. The van der Waals surface area contributed by atoms with Crippen LogP contribution in [0.2, 0.25) is 0 Å². The van der Waals surface area contributed by atoms with Gasteiger partial charge >= 0.3 is 5.97 Å². The van der Waals surface area contributed by atoms with Gasteiger partial charge in [-0.15, -0.1) is 0 Å². The minimum atomic E-state index is -2.49. The molecule has 0 aliphatic carbocycles. The van der Waals surface area contributed by atoms with Crippen LogP contribution in [-0.2, 0) is 9.53 Å². The number of ketones is 1. The molecular weight excluding hydrogens is 112 g/mol. The summed E-state index contributed by atoms with van der Waals surface area (Å²) >= 11 is 0. The van der Waals surface area contributed by atoms with Crippen LogP contribution in [0.15, 0.2) is 0 Å². The molecule has 1 fully saturated rings. The molecule has 0 saturated carbocycles. The van der Waals surface area contributed by atoms with E-state index in [9.17, 15) is 4.79 Å². The van der Waals surface area contributed by atoms with Crippen LogP contribution in [0.1, 0.15) is 6.42 Å². The highest BCUT2D eigenvalue weighted by Crippen LogP contribution is 2.13. The zero-order chi connectivity index (χ0) is 6.20. The van der Waals surface area contributed by atoms with Crippen molar-refractivity contribution in [2.24, 2.45) is 0 Å². The first-order chi connectivity index (χ1) is 3.63. The molecule has 0 aromatic carbocycles. The molecule has 0 radical (unpaired) electrons. The number of carbonyl (C=O) groups excluding carboxylic acids is 1. The van der Waals surface area contributed by atoms with Gasteiger partial charge in [0.1, 0.15) is 0 Å². The summed E-state index contributed by atoms with van der Waals surface area (Å²) in [4.78, 5) is 10.3. The first-order valence-electron chi connectivity index (χ1n) is 2.25. The Labute approximate surface area is 45.7 Å². The van der Waals surface area contributed by atoms with Crippen LogP contribution in [-0.4, -0.2) is 28.6 Å². The van der Waals surface area contributed by atoms with Crippen molar-refractivity contribution in [3.05, 3.63) is 0 Å². The maximum absolute atomic E-state index is 10.3. The van der Waals surface area contributed by atoms with Gasteiger partial charge in [-0.1, -0.05) is 0 Å². The summed E-state index contributed by atoms with van der Waals surface area (Å²) in [6, 6.07) is 0. The van der Waals surface area contributed by atoms with Crippen LogP contribution < -0.4 is 0 Å². The van der Waals surface area contributed by atoms with Gasteiger partial charge in [0.2, 0.25) is 5.78 Å². The highest BCUT2D eigenvalue weighted by molar-refractivity contribution is 5.85. The minimum Gasteiger partial charge on any atom is -0.337 e. The van der Waals surface area contributed by atoms with Crippen molar-refractivity contribution in [1.29, 1.82) is 0 Å². The first-order valence-corrected chi connectivity index (χ1v) is 2.25. The lowest BCUT2D eigenvalue weighted by Gasteiger charge is -2.08. The molecular formula is C4H6O4. The lowest BCUT2D eigenvalue weighted by atomic mass is 10.3. The molecule has 46 valence electrons. The van der Waals surface area contributed by atoms with Crippen molar-refractivity contribution in [1.82, 2.24) is 0 Å². The van der Waals surface area contributed by atoms with E-state index in [1.165, 1.54) is 0 Å². The molecule has 1 saturated heterocycles. The summed E-state index contributed by atoms with van der Waals surface area (Å²) in [5, 5.41) is 16.9. The van der Waals surface area contributed by atoms with Gasteiger partial charge in [-0.25, -0.2) is 0 Å². The average molecular weight is 118 g/mol. The molecule has 0 atom stereocenters. The van der Waals surface area contributed by atoms with E-state index in [1.807, 2.05) is 0 Å². The molecule has 4 nitrogen and oxygen atoms in total. The molecule has 0 bridgehead atoms. The fraction of sp³-hybridized carbons (Fsp3) is 0.750. The van der Waals surface area contributed by atoms with E-state index in [0.29, 0.717) is 0 Å². The van der Waals surface area contributed by atoms with Gasteiger partial charge in [-0.2, -0.15) is 0 Å². The Bertz CT molecular complexity index is 117. The Morgan fingerprint density at radius 2 is 2.25 bits per heavy atom. The molecule has 1 heterocycles. The highest BCUT2D eigenvalue weighted by Gasteiger charge is 2.39. The largest absolute Gasteiger partial charge is 0.341 e. The molecule has 8 heavy (non-hydrogen) atoms. The fourth-order valence-corrected chi connectivity index (χ4v) is 0.529. The van der Waals surface area contributed by atoms with Crippen molar-refractivity contribution < 1.29 is 19.7 Å². The smallest absolute Gasteiger partial charge is 0.337 e. The molecule has 1 aliphatic rings. The van der Waals surface area contributed by atoms with E-state index in [1.54, 1.807) is 0 Å². The van der Waals surface area contributed by atoms with Crippen molar-refractivity contribution in [2.75, 3.05) is 6.61 Å². The predicted octanol–water partition coefficient (Wildman–Crippen LogP) is -1.39. The number of rotatable bonds is 0. The Morgan fingerprint density at radius 3 is 2.38 bits per heavy atom. The molecule has 0 aromatic heterocycles. The van der Waals surface area contributed by atoms with Crippen LogP contribution >= 0.6 is 0 Å². The summed E-state index contributed by atoms with van der Waals surface area (Å²) in [6.45, 7) is 0.103. The van der Waals surface area contributed by atoms with E-state index in [4.69, 9.17) is 10.2 Å². The monoisotopic (exact) mass is 118 g/mol. The standard InChI is InChI=1S/C4H6O4/c5-3-1-2-8-4(3,6)7/h6-7H,1-2H2. The van der Waals surface area contributed by atoms with Gasteiger partial charge in [-0.05, 0) is 0 Å². The summed E-state index contributed by atoms with van der Waals surface area (Å²) in [7, 11) is 0. The lowest BCUT2D eigenvalue weighted by Crippen LogP contribution is -2.34. The molecule has 1 aliphatic heterocycles. The van der Waals surface area contributed by atoms with Gasteiger partial charge in [0, 0.05) is 6.42 Å². The van der Waals surface area contributed by atoms with Crippen LogP contribution in [0.5, 0.6) is 0 Å². The number of hydrogen-bond donors (Lipinski definition) is 2. The third-order valence-corrected chi connectivity index (χ3v) is 0.996. The van der Waals surface area contributed by atoms with Crippen molar-refractivity contribution >= 4 is 5.78 Å². The highest BCUT2D eigenvalue weighted by atomic mass is 16.8.